The lowest BCUT2D eigenvalue weighted by Gasteiger charge is -2.14. The molecule has 0 radical (unpaired) electrons. The molecule has 0 aliphatic carbocycles. The number of aliphatic hydroxyl groups is 1. The van der Waals surface area contributed by atoms with Crippen LogP contribution in [0.5, 0.6) is 5.75 Å². The van der Waals surface area contributed by atoms with Gasteiger partial charge >= 0.3 is 0 Å². The lowest BCUT2D eigenvalue weighted by Crippen LogP contribution is -2.01. The van der Waals surface area contributed by atoms with Gasteiger partial charge in [-0.1, -0.05) is 22.0 Å². The topological polar surface area (TPSA) is 29.5 Å². The number of rotatable bonds is 3. The molecule has 84 valence electrons. The highest BCUT2D eigenvalue weighted by Crippen LogP contribution is 2.32. The summed E-state index contributed by atoms with van der Waals surface area (Å²) in [4.78, 5) is 0. The number of methoxy groups -OCH3 is 1. The van der Waals surface area contributed by atoms with E-state index in [2.05, 4.69) is 15.9 Å². The first-order chi connectivity index (χ1) is 7.72. The van der Waals surface area contributed by atoms with Crippen LogP contribution in [-0.4, -0.2) is 12.2 Å². The van der Waals surface area contributed by atoms with Gasteiger partial charge in [-0.3, -0.25) is 0 Å². The van der Waals surface area contributed by atoms with Gasteiger partial charge in [-0.05, 0) is 34.5 Å². The van der Waals surface area contributed by atoms with Crippen LogP contribution in [-0.2, 0) is 0 Å². The fourth-order valence-corrected chi connectivity index (χ4v) is 2.54. The standard InChI is InChI=1S/C12H11BrO2S/c1-15-11-6-9(13)2-3-10(11)12(14)8-4-5-16-7-8/h2-7,12,14H,1H3. The molecule has 2 nitrogen and oxygen atoms in total. The van der Waals surface area contributed by atoms with Gasteiger partial charge in [0.25, 0.3) is 0 Å². The zero-order valence-corrected chi connectivity index (χ0v) is 11.1. The monoisotopic (exact) mass is 298 g/mol. The molecule has 1 N–H and O–H groups in total. The number of thiophene rings is 1. The molecule has 1 heterocycles. The van der Waals surface area contributed by atoms with Crippen molar-refractivity contribution >= 4 is 27.3 Å². The van der Waals surface area contributed by atoms with E-state index in [0.29, 0.717) is 5.75 Å². The summed E-state index contributed by atoms with van der Waals surface area (Å²) < 4.78 is 6.19. The van der Waals surface area contributed by atoms with Crippen LogP contribution in [0.15, 0.2) is 39.5 Å². The highest BCUT2D eigenvalue weighted by atomic mass is 79.9. The average Bonchev–Trinajstić information content (AvgIpc) is 2.81. The van der Waals surface area contributed by atoms with Crippen molar-refractivity contribution in [3.63, 3.8) is 0 Å². The summed E-state index contributed by atoms with van der Waals surface area (Å²) in [6, 6.07) is 7.53. The minimum Gasteiger partial charge on any atom is -0.496 e. The molecule has 2 aromatic rings. The van der Waals surface area contributed by atoms with Gasteiger partial charge in [0.2, 0.25) is 0 Å². The van der Waals surface area contributed by atoms with Gasteiger partial charge in [-0.2, -0.15) is 11.3 Å². The van der Waals surface area contributed by atoms with Crippen molar-refractivity contribution in [2.45, 2.75) is 6.10 Å². The lowest BCUT2D eigenvalue weighted by molar-refractivity contribution is 0.215. The van der Waals surface area contributed by atoms with Crippen LogP contribution in [0.2, 0.25) is 0 Å². The van der Waals surface area contributed by atoms with Crippen LogP contribution in [0.4, 0.5) is 0 Å². The molecule has 0 bridgehead atoms. The molecule has 1 aromatic carbocycles. The van der Waals surface area contributed by atoms with E-state index in [1.54, 1.807) is 18.4 Å². The van der Waals surface area contributed by atoms with E-state index >= 15 is 0 Å². The van der Waals surface area contributed by atoms with Crippen molar-refractivity contribution in [1.82, 2.24) is 0 Å². The minimum absolute atomic E-state index is 0.630. The van der Waals surface area contributed by atoms with E-state index in [1.807, 2.05) is 35.0 Å². The van der Waals surface area contributed by atoms with Crippen molar-refractivity contribution in [3.8, 4) is 5.75 Å². The van der Waals surface area contributed by atoms with Gasteiger partial charge in [0, 0.05) is 10.0 Å². The Labute approximate surface area is 107 Å². The Morgan fingerprint density at radius 2 is 2.19 bits per heavy atom. The maximum absolute atomic E-state index is 10.2. The Morgan fingerprint density at radius 1 is 1.38 bits per heavy atom. The summed E-state index contributed by atoms with van der Waals surface area (Å²) >= 11 is 4.94. The molecule has 2 rings (SSSR count). The molecule has 0 aliphatic rings. The molecule has 1 atom stereocenters. The van der Waals surface area contributed by atoms with E-state index in [4.69, 9.17) is 4.74 Å². The SMILES string of the molecule is COc1cc(Br)ccc1C(O)c1ccsc1. The molecule has 0 aliphatic heterocycles. The average molecular weight is 299 g/mol. The fourth-order valence-electron chi connectivity index (χ4n) is 1.52. The van der Waals surface area contributed by atoms with Crippen LogP contribution in [0.25, 0.3) is 0 Å². The smallest absolute Gasteiger partial charge is 0.126 e. The van der Waals surface area contributed by atoms with Crippen LogP contribution >= 0.6 is 27.3 Å². The van der Waals surface area contributed by atoms with Gasteiger partial charge in [-0.15, -0.1) is 0 Å². The third-order valence-electron chi connectivity index (χ3n) is 2.35. The normalized spacial score (nSPS) is 12.4. The quantitative estimate of drug-likeness (QED) is 0.938. The maximum atomic E-state index is 10.2. The second kappa shape index (κ2) is 4.99. The zero-order valence-electron chi connectivity index (χ0n) is 8.68. The zero-order chi connectivity index (χ0) is 11.5. The summed E-state index contributed by atoms with van der Waals surface area (Å²) in [6.07, 6.45) is -0.630. The predicted molar refractivity (Wildman–Crippen MR) is 69.1 cm³/mol. The molecule has 1 aromatic heterocycles. The Kier molecular flexibility index (Phi) is 3.63. The van der Waals surface area contributed by atoms with E-state index in [-0.39, 0.29) is 0 Å². The number of ether oxygens (including phenoxy) is 1. The molecule has 0 spiro atoms. The van der Waals surface area contributed by atoms with E-state index in [0.717, 1.165) is 15.6 Å². The first-order valence-electron chi connectivity index (χ1n) is 4.76. The molecule has 4 heteroatoms. The highest BCUT2D eigenvalue weighted by molar-refractivity contribution is 9.10. The van der Waals surface area contributed by atoms with Crippen molar-refractivity contribution in [3.05, 3.63) is 50.6 Å². The van der Waals surface area contributed by atoms with E-state index in [1.165, 1.54) is 0 Å². The highest BCUT2D eigenvalue weighted by Gasteiger charge is 2.15. The summed E-state index contributed by atoms with van der Waals surface area (Å²) in [7, 11) is 1.60. The molecular weight excluding hydrogens is 288 g/mol. The predicted octanol–water partition coefficient (Wildman–Crippen LogP) is 3.60. The van der Waals surface area contributed by atoms with Crippen LogP contribution < -0.4 is 4.74 Å². The lowest BCUT2D eigenvalue weighted by atomic mass is 10.0. The Bertz CT molecular complexity index is 468. The largest absolute Gasteiger partial charge is 0.496 e. The third kappa shape index (κ3) is 2.29. The van der Waals surface area contributed by atoms with Crippen LogP contribution in [0.3, 0.4) is 0 Å². The molecule has 0 saturated carbocycles. The second-order valence-corrected chi connectivity index (χ2v) is 5.04. The molecule has 1 unspecified atom stereocenters. The molecule has 16 heavy (non-hydrogen) atoms. The molecule has 0 saturated heterocycles. The van der Waals surface area contributed by atoms with Crippen molar-refractivity contribution < 1.29 is 9.84 Å². The molecule has 0 amide bonds. The van der Waals surface area contributed by atoms with Gasteiger partial charge < -0.3 is 9.84 Å². The number of hydrogen-bond donors (Lipinski definition) is 1. The number of benzene rings is 1. The van der Waals surface area contributed by atoms with Crippen molar-refractivity contribution in [2.24, 2.45) is 0 Å². The summed E-state index contributed by atoms with van der Waals surface area (Å²) in [5.74, 6) is 0.688. The van der Waals surface area contributed by atoms with Gasteiger partial charge in [0.05, 0.1) is 7.11 Å². The van der Waals surface area contributed by atoms with Crippen LogP contribution in [0, 0.1) is 0 Å². The fraction of sp³-hybridized carbons (Fsp3) is 0.167. The van der Waals surface area contributed by atoms with E-state index < -0.39 is 6.10 Å². The summed E-state index contributed by atoms with van der Waals surface area (Å²) in [6.45, 7) is 0. The Morgan fingerprint density at radius 3 is 2.81 bits per heavy atom. The summed E-state index contributed by atoms with van der Waals surface area (Å²) in [5.41, 5.74) is 1.68. The first-order valence-corrected chi connectivity index (χ1v) is 6.49. The minimum atomic E-state index is -0.630. The van der Waals surface area contributed by atoms with Gasteiger partial charge in [-0.25, -0.2) is 0 Å². The molecular formula is C12H11BrO2S. The van der Waals surface area contributed by atoms with Crippen molar-refractivity contribution in [1.29, 1.82) is 0 Å². The van der Waals surface area contributed by atoms with Crippen molar-refractivity contribution in [2.75, 3.05) is 7.11 Å². The molecule has 0 fully saturated rings. The van der Waals surface area contributed by atoms with Gasteiger partial charge in [0.15, 0.2) is 0 Å². The maximum Gasteiger partial charge on any atom is 0.126 e. The number of hydrogen-bond acceptors (Lipinski definition) is 3. The second-order valence-electron chi connectivity index (χ2n) is 3.35. The number of halogens is 1. The number of aliphatic hydroxyl groups excluding tert-OH is 1. The van der Waals surface area contributed by atoms with Gasteiger partial charge in [0.1, 0.15) is 11.9 Å². The summed E-state index contributed by atoms with van der Waals surface area (Å²) in [5, 5.41) is 14.1. The van der Waals surface area contributed by atoms with Crippen LogP contribution in [0.1, 0.15) is 17.2 Å². The third-order valence-corrected chi connectivity index (χ3v) is 3.54. The van der Waals surface area contributed by atoms with E-state index in [9.17, 15) is 5.11 Å². The Hall–Kier alpha value is -0.840. The Balaban J connectivity index is 2.40. The first kappa shape index (κ1) is 11.6.